The molecular formula is C18H13BrClN3O3S. The first-order valence-corrected chi connectivity index (χ1v) is 9.82. The van der Waals surface area contributed by atoms with E-state index in [9.17, 15) is 9.59 Å². The number of ether oxygens (including phenoxy) is 1. The predicted octanol–water partition coefficient (Wildman–Crippen LogP) is 4.81. The van der Waals surface area contributed by atoms with E-state index in [0.29, 0.717) is 5.13 Å². The SMILES string of the molecule is CC(OC(=O)c1ccnc(Cl)c1)C(=O)Nc1nc(-c2ccc(Br)cc2)cs1. The molecule has 6 nitrogen and oxygen atoms in total. The summed E-state index contributed by atoms with van der Waals surface area (Å²) in [6.45, 7) is 1.49. The first kappa shape index (κ1) is 19.5. The van der Waals surface area contributed by atoms with Gasteiger partial charge in [-0.2, -0.15) is 0 Å². The molecule has 1 atom stereocenters. The Morgan fingerprint density at radius 3 is 2.70 bits per heavy atom. The van der Waals surface area contributed by atoms with Crippen LogP contribution in [-0.4, -0.2) is 27.9 Å². The van der Waals surface area contributed by atoms with Gasteiger partial charge in [-0.1, -0.05) is 39.7 Å². The van der Waals surface area contributed by atoms with Gasteiger partial charge in [0, 0.05) is 21.6 Å². The molecule has 0 radical (unpaired) electrons. The molecule has 2 heterocycles. The van der Waals surface area contributed by atoms with Gasteiger partial charge >= 0.3 is 5.97 Å². The number of nitrogens with zero attached hydrogens (tertiary/aromatic N) is 2. The predicted molar refractivity (Wildman–Crippen MR) is 108 cm³/mol. The highest BCUT2D eigenvalue weighted by atomic mass is 79.9. The number of esters is 1. The van der Waals surface area contributed by atoms with Crippen molar-refractivity contribution in [2.45, 2.75) is 13.0 Å². The van der Waals surface area contributed by atoms with Crippen LogP contribution in [0.15, 0.2) is 52.4 Å². The molecule has 1 aromatic carbocycles. The summed E-state index contributed by atoms with van der Waals surface area (Å²) in [6.07, 6.45) is 0.396. The number of amides is 1. The summed E-state index contributed by atoms with van der Waals surface area (Å²) in [7, 11) is 0. The van der Waals surface area contributed by atoms with E-state index in [4.69, 9.17) is 16.3 Å². The van der Waals surface area contributed by atoms with E-state index in [0.717, 1.165) is 15.7 Å². The number of pyridine rings is 1. The molecule has 0 aliphatic carbocycles. The highest BCUT2D eigenvalue weighted by Gasteiger charge is 2.20. The minimum atomic E-state index is -0.996. The Hall–Kier alpha value is -2.29. The fourth-order valence-electron chi connectivity index (χ4n) is 2.10. The van der Waals surface area contributed by atoms with Gasteiger partial charge in [0.05, 0.1) is 11.3 Å². The fourth-order valence-corrected chi connectivity index (χ4v) is 3.26. The number of hydrogen-bond acceptors (Lipinski definition) is 6. The first-order valence-electron chi connectivity index (χ1n) is 7.77. The van der Waals surface area contributed by atoms with E-state index in [1.54, 1.807) is 0 Å². The summed E-state index contributed by atoms with van der Waals surface area (Å²) in [5.74, 6) is -1.13. The topological polar surface area (TPSA) is 81.2 Å². The van der Waals surface area contributed by atoms with Gasteiger partial charge in [0.2, 0.25) is 0 Å². The Morgan fingerprint density at radius 1 is 1.26 bits per heavy atom. The van der Waals surface area contributed by atoms with Crippen molar-refractivity contribution in [2.24, 2.45) is 0 Å². The largest absolute Gasteiger partial charge is 0.449 e. The molecule has 0 fully saturated rings. The zero-order chi connectivity index (χ0) is 19.4. The number of carbonyl (C=O) groups is 2. The monoisotopic (exact) mass is 465 g/mol. The number of anilines is 1. The summed E-state index contributed by atoms with van der Waals surface area (Å²) in [5, 5.41) is 5.09. The first-order chi connectivity index (χ1) is 12.9. The zero-order valence-corrected chi connectivity index (χ0v) is 17.1. The highest BCUT2D eigenvalue weighted by Crippen LogP contribution is 2.26. The second-order valence-corrected chi connectivity index (χ2v) is 7.61. The number of thiazole rings is 1. The molecule has 0 aliphatic heterocycles. The van der Waals surface area contributed by atoms with Crippen molar-refractivity contribution in [2.75, 3.05) is 5.32 Å². The second-order valence-electron chi connectivity index (χ2n) is 5.45. The third-order valence-electron chi connectivity index (χ3n) is 3.49. The Labute approximate surface area is 172 Å². The zero-order valence-electron chi connectivity index (χ0n) is 14.0. The number of aromatic nitrogens is 2. The standard InChI is InChI=1S/C18H13BrClN3O3S/c1-10(26-17(25)12-6-7-21-15(20)8-12)16(24)23-18-22-14(9-27-18)11-2-4-13(19)5-3-11/h2-10H,1H3,(H,22,23,24). The number of rotatable bonds is 5. The van der Waals surface area contributed by atoms with E-state index < -0.39 is 18.0 Å². The van der Waals surface area contributed by atoms with Crippen LogP contribution >= 0.6 is 38.9 Å². The lowest BCUT2D eigenvalue weighted by Crippen LogP contribution is -2.30. The number of halogens is 2. The van der Waals surface area contributed by atoms with Gasteiger partial charge < -0.3 is 4.74 Å². The maximum atomic E-state index is 12.3. The molecule has 0 saturated carbocycles. The number of carbonyl (C=O) groups excluding carboxylic acids is 2. The molecule has 0 aliphatic rings. The van der Waals surface area contributed by atoms with Crippen molar-refractivity contribution >= 4 is 55.9 Å². The van der Waals surface area contributed by atoms with Crippen LogP contribution in [0.5, 0.6) is 0 Å². The normalized spacial score (nSPS) is 11.7. The van der Waals surface area contributed by atoms with E-state index in [-0.39, 0.29) is 10.7 Å². The summed E-state index contributed by atoms with van der Waals surface area (Å²) >= 11 is 10.4. The van der Waals surface area contributed by atoms with Crippen LogP contribution in [0.25, 0.3) is 11.3 Å². The molecule has 138 valence electrons. The Kier molecular flexibility index (Phi) is 6.20. The van der Waals surface area contributed by atoms with Gasteiger partial charge in [0.1, 0.15) is 5.15 Å². The van der Waals surface area contributed by atoms with Crippen LogP contribution in [-0.2, 0) is 9.53 Å². The number of benzene rings is 1. The summed E-state index contributed by atoms with van der Waals surface area (Å²) in [6, 6.07) is 10.5. The van der Waals surface area contributed by atoms with Gasteiger partial charge in [-0.05, 0) is 31.2 Å². The number of nitrogens with one attached hydrogen (secondary N) is 1. The Morgan fingerprint density at radius 2 is 2.00 bits per heavy atom. The van der Waals surface area contributed by atoms with Gasteiger partial charge in [0.25, 0.3) is 5.91 Å². The molecule has 1 amide bonds. The van der Waals surface area contributed by atoms with Crippen LogP contribution in [0, 0.1) is 0 Å². The quantitative estimate of drug-likeness (QED) is 0.431. The molecule has 0 saturated heterocycles. The molecule has 9 heteroatoms. The summed E-state index contributed by atoms with van der Waals surface area (Å²) in [4.78, 5) is 32.5. The van der Waals surface area contributed by atoms with E-state index in [2.05, 4.69) is 31.2 Å². The van der Waals surface area contributed by atoms with Crippen molar-refractivity contribution in [3.63, 3.8) is 0 Å². The Balaban J connectivity index is 1.61. The van der Waals surface area contributed by atoms with Crippen LogP contribution in [0.3, 0.4) is 0 Å². The summed E-state index contributed by atoms with van der Waals surface area (Å²) in [5.41, 5.74) is 1.91. The van der Waals surface area contributed by atoms with E-state index in [1.165, 1.54) is 36.6 Å². The molecule has 1 unspecified atom stereocenters. The second kappa shape index (κ2) is 8.60. The molecule has 0 spiro atoms. The van der Waals surface area contributed by atoms with Crippen molar-refractivity contribution in [3.05, 3.63) is 63.2 Å². The molecule has 0 bridgehead atoms. The van der Waals surface area contributed by atoms with Crippen molar-refractivity contribution in [3.8, 4) is 11.3 Å². The van der Waals surface area contributed by atoms with Gasteiger partial charge in [0.15, 0.2) is 11.2 Å². The van der Waals surface area contributed by atoms with Gasteiger partial charge in [-0.25, -0.2) is 14.8 Å². The lowest BCUT2D eigenvalue weighted by Gasteiger charge is -2.12. The van der Waals surface area contributed by atoms with Crippen molar-refractivity contribution < 1.29 is 14.3 Å². The Bertz CT molecular complexity index is 978. The molecule has 2 aromatic heterocycles. The van der Waals surface area contributed by atoms with E-state index in [1.807, 2.05) is 29.6 Å². The van der Waals surface area contributed by atoms with Gasteiger partial charge in [-0.3, -0.25) is 10.1 Å². The van der Waals surface area contributed by atoms with Crippen LogP contribution in [0.1, 0.15) is 17.3 Å². The average molecular weight is 467 g/mol. The molecule has 3 aromatic rings. The van der Waals surface area contributed by atoms with Gasteiger partial charge in [-0.15, -0.1) is 11.3 Å². The molecule has 27 heavy (non-hydrogen) atoms. The highest BCUT2D eigenvalue weighted by molar-refractivity contribution is 9.10. The van der Waals surface area contributed by atoms with Crippen molar-refractivity contribution in [1.82, 2.24) is 9.97 Å². The van der Waals surface area contributed by atoms with Crippen LogP contribution in [0.2, 0.25) is 5.15 Å². The fraction of sp³-hybridized carbons (Fsp3) is 0.111. The number of hydrogen-bond donors (Lipinski definition) is 1. The van der Waals surface area contributed by atoms with Crippen LogP contribution < -0.4 is 5.32 Å². The molecular weight excluding hydrogens is 454 g/mol. The maximum Gasteiger partial charge on any atom is 0.339 e. The van der Waals surface area contributed by atoms with Crippen molar-refractivity contribution in [1.29, 1.82) is 0 Å². The average Bonchev–Trinajstić information content (AvgIpc) is 3.10. The molecule has 1 N–H and O–H groups in total. The molecule has 3 rings (SSSR count). The summed E-state index contributed by atoms with van der Waals surface area (Å²) < 4.78 is 6.14. The minimum Gasteiger partial charge on any atom is -0.449 e. The van der Waals surface area contributed by atoms with E-state index >= 15 is 0 Å². The maximum absolute atomic E-state index is 12.3. The lowest BCUT2D eigenvalue weighted by atomic mass is 10.2. The smallest absolute Gasteiger partial charge is 0.339 e. The minimum absolute atomic E-state index is 0.171. The van der Waals surface area contributed by atoms with Crippen LogP contribution in [0.4, 0.5) is 5.13 Å². The third-order valence-corrected chi connectivity index (χ3v) is 4.98. The third kappa shape index (κ3) is 5.12. The lowest BCUT2D eigenvalue weighted by molar-refractivity contribution is -0.123.